The molecule has 54 heavy (non-hydrogen) atoms. The lowest BCUT2D eigenvalue weighted by Gasteiger charge is -2.36. The molecule has 0 aromatic heterocycles. The quantitative estimate of drug-likeness (QED) is 0.102. The molecule has 1 aliphatic heterocycles. The molecule has 6 aromatic carbocycles. The Bertz CT molecular complexity index is 2110. The standard InChI is InChI=1S/C45H42N2O6S/c1-50-41-12-5-6-13-43(41)54-30-40-27-42(34-16-14-31(29-48)15-17-34)53-44(52-40)35-20-18-33(19-21-35)36-9-7-8-32(26-36)28-46-45(49)47-37-22-24-39(25-23-37)51-38-10-3-2-4-11-38/h2-26,40,42,44,48H,27-30H2,1H3,(H2,46,47,49)/t40-,42+,44+/m0/s1. The van der Waals surface area contributed by atoms with Gasteiger partial charge in [0.1, 0.15) is 17.2 Å². The summed E-state index contributed by atoms with van der Waals surface area (Å²) >= 11 is 1.71. The number of aliphatic hydroxyl groups excluding tert-OH is 1. The van der Waals surface area contributed by atoms with Crippen molar-refractivity contribution in [1.29, 1.82) is 0 Å². The number of anilines is 1. The van der Waals surface area contributed by atoms with Gasteiger partial charge in [0, 0.05) is 34.9 Å². The second-order valence-corrected chi connectivity index (χ2v) is 13.9. The molecule has 0 aliphatic carbocycles. The molecule has 0 spiro atoms. The zero-order valence-corrected chi connectivity index (χ0v) is 30.7. The first-order chi connectivity index (χ1) is 26.5. The fourth-order valence-electron chi connectivity index (χ4n) is 6.23. The van der Waals surface area contributed by atoms with Crippen LogP contribution in [-0.4, -0.2) is 30.1 Å². The molecule has 8 nitrogen and oxygen atoms in total. The molecule has 0 bridgehead atoms. The average molecular weight is 739 g/mol. The smallest absolute Gasteiger partial charge is 0.319 e. The van der Waals surface area contributed by atoms with Gasteiger partial charge < -0.3 is 34.7 Å². The molecule has 0 unspecified atom stereocenters. The van der Waals surface area contributed by atoms with Gasteiger partial charge in [-0.25, -0.2) is 4.79 Å². The summed E-state index contributed by atoms with van der Waals surface area (Å²) in [4.78, 5) is 13.8. The van der Waals surface area contributed by atoms with Crippen LogP contribution >= 0.6 is 11.8 Å². The van der Waals surface area contributed by atoms with Crippen LogP contribution in [0.4, 0.5) is 10.5 Å². The van der Waals surface area contributed by atoms with E-state index in [0.29, 0.717) is 24.4 Å². The van der Waals surface area contributed by atoms with E-state index in [0.717, 1.165) is 55.5 Å². The molecule has 274 valence electrons. The molecule has 6 aromatic rings. The van der Waals surface area contributed by atoms with Gasteiger partial charge >= 0.3 is 6.03 Å². The van der Waals surface area contributed by atoms with Gasteiger partial charge in [0.25, 0.3) is 0 Å². The van der Waals surface area contributed by atoms with Crippen molar-refractivity contribution in [2.45, 2.75) is 43.0 Å². The summed E-state index contributed by atoms with van der Waals surface area (Å²) in [6, 6.07) is 48.8. The monoisotopic (exact) mass is 738 g/mol. The number of nitrogens with one attached hydrogen (secondary N) is 2. The SMILES string of the molecule is COc1ccccc1SC[C@@H]1C[C@H](c2ccc(CO)cc2)O[C@H](c2ccc(-c3cccc(CNC(=O)Nc4ccc(Oc5ccccc5)cc4)c3)cc2)O1. The predicted octanol–water partition coefficient (Wildman–Crippen LogP) is 10.3. The van der Waals surface area contributed by atoms with Crippen LogP contribution in [-0.2, 0) is 22.6 Å². The number of carbonyl (C=O) groups is 1. The van der Waals surface area contributed by atoms with E-state index in [4.69, 9.17) is 18.9 Å². The summed E-state index contributed by atoms with van der Waals surface area (Å²) in [5.74, 6) is 3.02. The first kappa shape index (κ1) is 36.8. The Morgan fingerprint density at radius 2 is 1.46 bits per heavy atom. The molecule has 1 fully saturated rings. The Morgan fingerprint density at radius 1 is 0.741 bits per heavy atom. The Labute approximate surface area is 320 Å². The number of para-hydroxylation sites is 2. The molecule has 2 amide bonds. The summed E-state index contributed by atoms with van der Waals surface area (Å²) in [7, 11) is 1.69. The third-order valence-electron chi connectivity index (χ3n) is 9.10. The zero-order chi connectivity index (χ0) is 37.1. The number of aliphatic hydroxyl groups is 1. The van der Waals surface area contributed by atoms with Crippen molar-refractivity contribution < 1.29 is 28.8 Å². The van der Waals surface area contributed by atoms with Crippen molar-refractivity contribution in [2.75, 3.05) is 18.2 Å². The number of ether oxygens (including phenoxy) is 4. The number of amides is 2. The first-order valence-corrected chi connectivity index (χ1v) is 18.8. The van der Waals surface area contributed by atoms with Crippen molar-refractivity contribution in [3.8, 4) is 28.4 Å². The molecular formula is C45H42N2O6S. The number of hydrogen-bond acceptors (Lipinski definition) is 7. The highest BCUT2D eigenvalue weighted by Gasteiger charge is 2.32. The summed E-state index contributed by atoms with van der Waals surface area (Å²) in [6.45, 7) is 0.365. The number of thioether (sulfide) groups is 1. The molecule has 1 aliphatic rings. The van der Waals surface area contributed by atoms with Gasteiger partial charge in [0.05, 0.1) is 25.9 Å². The third-order valence-corrected chi connectivity index (χ3v) is 10.3. The Balaban J connectivity index is 0.978. The Morgan fingerprint density at radius 3 is 2.22 bits per heavy atom. The normalized spacial score (nSPS) is 16.7. The highest BCUT2D eigenvalue weighted by molar-refractivity contribution is 7.99. The highest BCUT2D eigenvalue weighted by Crippen LogP contribution is 2.41. The lowest BCUT2D eigenvalue weighted by molar-refractivity contribution is -0.245. The van der Waals surface area contributed by atoms with Crippen molar-refractivity contribution in [1.82, 2.24) is 5.32 Å². The van der Waals surface area contributed by atoms with Crippen LogP contribution < -0.4 is 20.1 Å². The minimum atomic E-state index is -0.555. The van der Waals surface area contributed by atoms with E-state index in [9.17, 15) is 9.90 Å². The summed E-state index contributed by atoms with van der Waals surface area (Å²) in [5, 5.41) is 15.4. The second-order valence-electron chi connectivity index (χ2n) is 12.9. The number of hydrogen-bond donors (Lipinski definition) is 3. The zero-order valence-electron chi connectivity index (χ0n) is 29.9. The molecule has 3 atom stereocenters. The Hall–Kier alpha value is -5.58. The fourth-order valence-corrected chi connectivity index (χ4v) is 7.27. The lowest BCUT2D eigenvalue weighted by atomic mass is 9.99. The van der Waals surface area contributed by atoms with E-state index in [1.54, 1.807) is 18.9 Å². The fraction of sp³-hybridized carbons (Fsp3) is 0.178. The van der Waals surface area contributed by atoms with Gasteiger partial charge in [-0.2, -0.15) is 0 Å². The maximum atomic E-state index is 12.7. The lowest BCUT2D eigenvalue weighted by Crippen LogP contribution is -2.31. The summed E-state index contributed by atoms with van der Waals surface area (Å²) < 4.78 is 24.6. The predicted molar refractivity (Wildman–Crippen MR) is 213 cm³/mol. The van der Waals surface area contributed by atoms with Crippen LogP contribution in [0.2, 0.25) is 0 Å². The van der Waals surface area contributed by atoms with Gasteiger partial charge in [-0.1, -0.05) is 97.1 Å². The van der Waals surface area contributed by atoms with E-state index in [1.165, 1.54) is 0 Å². The number of benzene rings is 6. The van der Waals surface area contributed by atoms with Crippen LogP contribution in [0.15, 0.2) is 157 Å². The van der Waals surface area contributed by atoms with Crippen LogP contribution in [0.5, 0.6) is 17.2 Å². The molecule has 1 saturated heterocycles. The summed E-state index contributed by atoms with van der Waals surface area (Å²) in [6.07, 6.45) is -0.103. The maximum absolute atomic E-state index is 12.7. The van der Waals surface area contributed by atoms with Crippen molar-refractivity contribution >= 4 is 23.5 Å². The van der Waals surface area contributed by atoms with Crippen LogP contribution in [0.3, 0.4) is 0 Å². The van der Waals surface area contributed by atoms with Gasteiger partial charge in [0.15, 0.2) is 6.29 Å². The molecule has 9 heteroatoms. The molecular weight excluding hydrogens is 697 g/mol. The molecule has 0 radical (unpaired) electrons. The van der Waals surface area contributed by atoms with Gasteiger partial charge in [-0.05, 0) is 82.4 Å². The largest absolute Gasteiger partial charge is 0.496 e. The van der Waals surface area contributed by atoms with Crippen molar-refractivity contribution in [3.05, 3.63) is 174 Å². The maximum Gasteiger partial charge on any atom is 0.319 e. The number of rotatable bonds is 13. The summed E-state index contributed by atoms with van der Waals surface area (Å²) in [5.41, 5.74) is 6.56. The van der Waals surface area contributed by atoms with E-state index in [2.05, 4.69) is 53.1 Å². The van der Waals surface area contributed by atoms with Crippen LogP contribution in [0, 0.1) is 0 Å². The first-order valence-electron chi connectivity index (χ1n) is 17.9. The van der Waals surface area contributed by atoms with Crippen molar-refractivity contribution in [3.63, 3.8) is 0 Å². The molecule has 0 saturated carbocycles. The van der Waals surface area contributed by atoms with E-state index >= 15 is 0 Å². The van der Waals surface area contributed by atoms with E-state index in [1.807, 2.05) is 109 Å². The Kier molecular flexibility index (Phi) is 12.2. The number of carbonyl (C=O) groups excluding carboxylic acids is 1. The second kappa shape index (κ2) is 18.0. The average Bonchev–Trinajstić information content (AvgIpc) is 3.23. The van der Waals surface area contributed by atoms with E-state index in [-0.39, 0.29) is 24.8 Å². The van der Waals surface area contributed by atoms with Crippen LogP contribution in [0.1, 0.15) is 41.1 Å². The van der Waals surface area contributed by atoms with Gasteiger partial charge in [0.2, 0.25) is 0 Å². The molecule has 3 N–H and O–H groups in total. The molecule has 7 rings (SSSR count). The minimum Gasteiger partial charge on any atom is -0.496 e. The van der Waals surface area contributed by atoms with Gasteiger partial charge in [-0.3, -0.25) is 0 Å². The topological polar surface area (TPSA) is 98.3 Å². The molecule has 1 heterocycles. The van der Waals surface area contributed by atoms with E-state index < -0.39 is 6.29 Å². The van der Waals surface area contributed by atoms with Crippen molar-refractivity contribution in [2.24, 2.45) is 0 Å². The minimum absolute atomic E-state index is 0.00157. The van der Waals surface area contributed by atoms with Gasteiger partial charge in [-0.15, -0.1) is 11.8 Å². The number of methoxy groups -OCH3 is 1. The highest BCUT2D eigenvalue weighted by atomic mass is 32.2. The number of urea groups is 1. The van der Waals surface area contributed by atoms with Crippen LogP contribution in [0.25, 0.3) is 11.1 Å². The third kappa shape index (κ3) is 9.69.